The van der Waals surface area contributed by atoms with Crippen LogP contribution in [0, 0.1) is 6.92 Å². The lowest BCUT2D eigenvalue weighted by Crippen LogP contribution is -2.41. The molecule has 1 aromatic heterocycles. The summed E-state index contributed by atoms with van der Waals surface area (Å²) in [6, 6.07) is 4.21. The van der Waals surface area contributed by atoms with Crippen LogP contribution in [0.2, 0.25) is 0 Å². The number of nitrogens with one attached hydrogen (secondary N) is 1. The van der Waals surface area contributed by atoms with E-state index >= 15 is 0 Å². The van der Waals surface area contributed by atoms with Gasteiger partial charge < -0.3 is 24.6 Å². The van der Waals surface area contributed by atoms with Gasteiger partial charge in [-0.1, -0.05) is 5.21 Å². The molecule has 2 aromatic rings. The molecule has 1 aliphatic rings. The Labute approximate surface area is 155 Å². The van der Waals surface area contributed by atoms with E-state index in [1.807, 2.05) is 0 Å². The number of methoxy groups -OCH3 is 1. The number of hydrogen-bond donors (Lipinski definition) is 2. The summed E-state index contributed by atoms with van der Waals surface area (Å²) < 4.78 is 17.4. The molecule has 1 aromatic carbocycles. The molecule has 0 bridgehead atoms. The van der Waals surface area contributed by atoms with Crippen molar-refractivity contribution in [3.8, 4) is 17.2 Å². The van der Waals surface area contributed by atoms with Crippen LogP contribution in [-0.4, -0.2) is 64.9 Å². The van der Waals surface area contributed by atoms with Crippen LogP contribution in [0.1, 0.15) is 22.6 Å². The van der Waals surface area contributed by atoms with Crippen LogP contribution in [0.3, 0.4) is 0 Å². The molecule has 10 heteroatoms. The fourth-order valence-corrected chi connectivity index (χ4v) is 2.67. The number of carbonyl (C=O) groups excluding carboxylic acids is 1. The van der Waals surface area contributed by atoms with Gasteiger partial charge in [-0.15, -0.1) is 5.10 Å². The summed E-state index contributed by atoms with van der Waals surface area (Å²) in [5.74, 6) is -0.523. The van der Waals surface area contributed by atoms with Crippen LogP contribution in [0.5, 0.6) is 11.5 Å². The van der Waals surface area contributed by atoms with E-state index in [4.69, 9.17) is 14.2 Å². The molecule has 2 heterocycles. The van der Waals surface area contributed by atoms with Gasteiger partial charge in [0, 0.05) is 26.2 Å². The molecule has 1 amide bonds. The maximum absolute atomic E-state index is 12.4. The summed E-state index contributed by atoms with van der Waals surface area (Å²) in [6.45, 7) is 2.84. The molecule has 0 saturated heterocycles. The number of fused-ring (bicyclic) bond motifs is 1. The molecule has 0 spiro atoms. The largest absolute Gasteiger partial charge is 0.486 e. The lowest BCUT2D eigenvalue weighted by molar-refractivity contribution is -0.139. The first-order valence-electron chi connectivity index (χ1n) is 8.36. The Kier molecular flexibility index (Phi) is 5.55. The molecule has 0 saturated carbocycles. The maximum atomic E-state index is 12.4. The lowest BCUT2D eigenvalue weighted by atomic mass is 10.2. The van der Waals surface area contributed by atoms with Crippen LogP contribution in [0.25, 0.3) is 5.69 Å². The van der Waals surface area contributed by atoms with Gasteiger partial charge in [-0.2, -0.15) is 0 Å². The Balaban J connectivity index is 1.80. The van der Waals surface area contributed by atoms with Crippen molar-refractivity contribution in [1.82, 2.24) is 20.3 Å². The number of amides is 1. The molecule has 1 aliphatic heterocycles. The van der Waals surface area contributed by atoms with Crippen molar-refractivity contribution < 1.29 is 28.9 Å². The first-order chi connectivity index (χ1) is 13.0. The molecule has 144 valence electrons. The number of nitrogens with zero attached hydrogens (tertiary/aromatic N) is 3. The van der Waals surface area contributed by atoms with Gasteiger partial charge in [0.1, 0.15) is 19.3 Å². The summed E-state index contributed by atoms with van der Waals surface area (Å²) >= 11 is 0. The predicted molar refractivity (Wildman–Crippen MR) is 92.5 cm³/mol. The van der Waals surface area contributed by atoms with Gasteiger partial charge in [-0.25, -0.2) is 9.48 Å². The highest BCUT2D eigenvalue weighted by molar-refractivity contribution is 5.95. The van der Waals surface area contributed by atoms with Crippen molar-refractivity contribution in [2.45, 2.75) is 19.4 Å². The highest BCUT2D eigenvalue weighted by atomic mass is 16.6. The third-order valence-electron chi connectivity index (χ3n) is 4.09. The number of benzene rings is 1. The standard InChI is InChI=1S/C17H20N4O6/c1-10-15(16(22)18-12(17(23)24)5-6-25-2)19-20-21(10)11-3-4-13-14(9-11)27-8-7-26-13/h3-4,9,12H,5-8H2,1-2H3,(H,18,22)(H,23,24). The van der Waals surface area contributed by atoms with E-state index in [9.17, 15) is 14.7 Å². The molecule has 2 N–H and O–H groups in total. The highest BCUT2D eigenvalue weighted by Gasteiger charge is 2.24. The van der Waals surface area contributed by atoms with Gasteiger partial charge in [-0.05, 0) is 19.1 Å². The van der Waals surface area contributed by atoms with E-state index in [2.05, 4.69) is 15.6 Å². The third kappa shape index (κ3) is 4.00. The molecule has 3 rings (SSSR count). The molecule has 0 radical (unpaired) electrons. The van der Waals surface area contributed by atoms with Crippen molar-refractivity contribution in [2.75, 3.05) is 26.9 Å². The average molecular weight is 376 g/mol. The second-order valence-electron chi connectivity index (χ2n) is 5.91. The molecule has 0 fully saturated rings. The fourth-order valence-electron chi connectivity index (χ4n) is 2.67. The molecule has 1 atom stereocenters. The summed E-state index contributed by atoms with van der Waals surface area (Å²) in [4.78, 5) is 23.7. The predicted octanol–water partition coefficient (Wildman–Crippen LogP) is 0.566. The van der Waals surface area contributed by atoms with Gasteiger partial charge in [-0.3, -0.25) is 4.79 Å². The fraction of sp³-hybridized carbons (Fsp3) is 0.412. The zero-order valence-corrected chi connectivity index (χ0v) is 15.0. The number of aromatic nitrogens is 3. The first-order valence-corrected chi connectivity index (χ1v) is 8.36. The minimum Gasteiger partial charge on any atom is -0.486 e. The Morgan fingerprint density at radius 3 is 2.78 bits per heavy atom. The van der Waals surface area contributed by atoms with Crippen LogP contribution in [-0.2, 0) is 9.53 Å². The molecule has 1 unspecified atom stereocenters. The summed E-state index contributed by atoms with van der Waals surface area (Å²) in [6.07, 6.45) is 0.146. The number of carboxylic acids is 1. The van der Waals surface area contributed by atoms with Gasteiger partial charge in [0.25, 0.3) is 5.91 Å². The number of carbonyl (C=O) groups is 2. The highest BCUT2D eigenvalue weighted by Crippen LogP contribution is 2.32. The van der Waals surface area contributed by atoms with Crippen LogP contribution < -0.4 is 14.8 Å². The van der Waals surface area contributed by atoms with Gasteiger partial charge in [0.2, 0.25) is 0 Å². The maximum Gasteiger partial charge on any atom is 0.326 e. The van der Waals surface area contributed by atoms with E-state index in [0.717, 1.165) is 0 Å². The minimum atomic E-state index is -1.14. The Morgan fingerprint density at radius 2 is 2.07 bits per heavy atom. The SMILES string of the molecule is COCCC(NC(=O)c1nnn(-c2ccc3c(c2)OCCO3)c1C)C(=O)O. The van der Waals surface area contributed by atoms with Crippen molar-refractivity contribution in [3.05, 3.63) is 29.6 Å². The Morgan fingerprint density at radius 1 is 1.33 bits per heavy atom. The lowest BCUT2D eigenvalue weighted by Gasteiger charge is -2.19. The molecular formula is C17H20N4O6. The molecule has 0 aliphatic carbocycles. The first kappa shape index (κ1) is 18.6. The van der Waals surface area contributed by atoms with Gasteiger partial charge in [0.05, 0.1) is 11.4 Å². The van der Waals surface area contributed by atoms with Gasteiger partial charge in [0.15, 0.2) is 17.2 Å². The monoisotopic (exact) mass is 376 g/mol. The van der Waals surface area contributed by atoms with Crippen molar-refractivity contribution in [1.29, 1.82) is 0 Å². The number of hydrogen-bond acceptors (Lipinski definition) is 7. The van der Waals surface area contributed by atoms with Crippen molar-refractivity contribution in [2.24, 2.45) is 0 Å². The quantitative estimate of drug-likeness (QED) is 0.718. The second-order valence-corrected chi connectivity index (χ2v) is 5.91. The van der Waals surface area contributed by atoms with Gasteiger partial charge >= 0.3 is 5.97 Å². The molecule has 27 heavy (non-hydrogen) atoms. The van der Waals surface area contributed by atoms with Crippen molar-refractivity contribution >= 4 is 11.9 Å². The third-order valence-corrected chi connectivity index (χ3v) is 4.09. The normalized spacial score (nSPS) is 13.9. The zero-order valence-electron chi connectivity index (χ0n) is 15.0. The molecule has 10 nitrogen and oxygen atoms in total. The Hall–Kier alpha value is -3.14. The van der Waals surface area contributed by atoms with Crippen molar-refractivity contribution in [3.63, 3.8) is 0 Å². The smallest absolute Gasteiger partial charge is 0.326 e. The summed E-state index contributed by atoms with van der Waals surface area (Å²) in [5, 5.41) is 19.6. The summed E-state index contributed by atoms with van der Waals surface area (Å²) in [5.41, 5.74) is 1.17. The Bertz CT molecular complexity index is 850. The van der Waals surface area contributed by atoms with Crippen LogP contribution in [0.4, 0.5) is 0 Å². The van der Waals surface area contributed by atoms with E-state index in [1.54, 1.807) is 25.1 Å². The van der Waals surface area contributed by atoms with E-state index < -0.39 is 17.9 Å². The van der Waals surface area contributed by atoms with Crippen LogP contribution in [0.15, 0.2) is 18.2 Å². The van der Waals surface area contributed by atoms with E-state index in [-0.39, 0.29) is 18.7 Å². The zero-order chi connectivity index (χ0) is 19.4. The molecular weight excluding hydrogens is 356 g/mol. The number of rotatable bonds is 7. The van der Waals surface area contributed by atoms with E-state index in [0.29, 0.717) is 36.1 Å². The number of aliphatic carboxylic acids is 1. The van der Waals surface area contributed by atoms with Crippen LogP contribution >= 0.6 is 0 Å². The second kappa shape index (κ2) is 8.04. The number of carboxylic acid groups (broad SMARTS) is 1. The van der Waals surface area contributed by atoms with E-state index in [1.165, 1.54) is 11.8 Å². The summed E-state index contributed by atoms with van der Waals surface area (Å²) in [7, 11) is 1.46. The topological polar surface area (TPSA) is 125 Å². The minimum absolute atomic E-state index is 0.0496. The average Bonchev–Trinajstić information content (AvgIpc) is 3.05. The number of ether oxygens (including phenoxy) is 3.